The van der Waals surface area contributed by atoms with Gasteiger partial charge < -0.3 is 10.1 Å². The third-order valence-corrected chi connectivity index (χ3v) is 3.31. The Morgan fingerprint density at radius 3 is 2.84 bits per heavy atom. The molecule has 19 heavy (non-hydrogen) atoms. The average molecular weight is 294 g/mol. The van der Waals surface area contributed by atoms with Gasteiger partial charge in [-0.15, -0.1) is 0 Å². The Morgan fingerprint density at radius 1 is 1.53 bits per heavy atom. The van der Waals surface area contributed by atoms with Crippen LogP contribution in [0, 0.1) is 11.3 Å². The lowest BCUT2D eigenvalue weighted by molar-refractivity contribution is 0.475. The van der Waals surface area contributed by atoms with E-state index < -0.39 is 5.56 Å². The summed E-state index contributed by atoms with van der Waals surface area (Å²) >= 11 is 7.08. The van der Waals surface area contributed by atoms with E-state index in [9.17, 15) is 9.90 Å². The van der Waals surface area contributed by atoms with Crippen LogP contribution >= 0.6 is 23.4 Å². The minimum atomic E-state index is -0.499. The number of nitrogens with one attached hydrogen (secondary N) is 1. The van der Waals surface area contributed by atoms with Crippen LogP contribution in [-0.2, 0) is 0 Å². The summed E-state index contributed by atoms with van der Waals surface area (Å²) in [5.74, 6) is -0.0705. The molecule has 0 aliphatic carbocycles. The Hall–Kier alpha value is -1.97. The number of halogens is 1. The Labute approximate surface area is 117 Å². The molecule has 0 saturated heterocycles. The lowest BCUT2D eigenvalue weighted by Crippen LogP contribution is -2.14. The summed E-state index contributed by atoms with van der Waals surface area (Å²) in [4.78, 5) is 18.5. The van der Waals surface area contributed by atoms with Crippen molar-refractivity contribution in [2.24, 2.45) is 0 Å². The number of aromatic hydroxyl groups is 1. The highest BCUT2D eigenvalue weighted by atomic mass is 35.5. The number of aromatic nitrogens is 2. The fourth-order valence-electron chi connectivity index (χ4n) is 1.52. The van der Waals surface area contributed by atoms with E-state index in [0.29, 0.717) is 10.7 Å². The molecule has 0 fully saturated rings. The van der Waals surface area contributed by atoms with Crippen LogP contribution < -0.4 is 5.56 Å². The van der Waals surface area contributed by atoms with E-state index in [1.165, 1.54) is 23.9 Å². The summed E-state index contributed by atoms with van der Waals surface area (Å²) in [6, 6.07) is 6.23. The number of nitrogens with zero attached hydrogens (tertiary/aromatic N) is 2. The highest BCUT2D eigenvalue weighted by molar-refractivity contribution is 7.98. The molecule has 0 spiro atoms. The molecular formula is C12H8ClN3O2S. The minimum Gasteiger partial charge on any atom is -0.506 e. The number of phenols is 1. The van der Waals surface area contributed by atoms with Gasteiger partial charge in [0.1, 0.15) is 17.4 Å². The Kier molecular flexibility index (Phi) is 3.79. The maximum Gasteiger partial charge on any atom is 0.270 e. The van der Waals surface area contributed by atoms with E-state index in [-0.39, 0.29) is 22.0 Å². The van der Waals surface area contributed by atoms with Crippen molar-refractivity contribution < 1.29 is 5.11 Å². The number of phenolic OH excluding ortho intramolecular Hbond substituents is 1. The van der Waals surface area contributed by atoms with Gasteiger partial charge in [0.2, 0.25) is 0 Å². The first-order valence-electron chi connectivity index (χ1n) is 5.14. The molecule has 2 N–H and O–H groups in total. The first kappa shape index (κ1) is 13.5. The zero-order valence-electron chi connectivity index (χ0n) is 9.77. The van der Waals surface area contributed by atoms with Crippen molar-refractivity contribution in [3.8, 4) is 23.1 Å². The summed E-state index contributed by atoms with van der Waals surface area (Å²) in [7, 11) is 0. The van der Waals surface area contributed by atoms with Crippen LogP contribution in [0.15, 0.2) is 28.2 Å². The Bertz CT molecular complexity index is 737. The van der Waals surface area contributed by atoms with E-state index >= 15 is 0 Å². The number of hydrogen-bond donors (Lipinski definition) is 2. The zero-order valence-corrected chi connectivity index (χ0v) is 11.3. The van der Waals surface area contributed by atoms with Crippen LogP contribution in [0.25, 0.3) is 11.3 Å². The van der Waals surface area contributed by atoms with Gasteiger partial charge in [-0.2, -0.15) is 5.26 Å². The lowest BCUT2D eigenvalue weighted by atomic mass is 10.1. The van der Waals surface area contributed by atoms with Gasteiger partial charge in [0.15, 0.2) is 5.16 Å². The largest absolute Gasteiger partial charge is 0.506 e. The smallest absolute Gasteiger partial charge is 0.270 e. The number of benzene rings is 1. The molecule has 0 radical (unpaired) electrons. The molecule has 0 aliphatic heterocycles. The number of aromatic amines is 1. The summed E-state index contributed by atoms with van der Waals surface area (Å²) in [6.45, 7) is 0. The summed E-state index contributed by atoms with van der Waals surface area (Å²) < 4.78 is 0. The predicted molar refractivity (Wildman–Crippen MR) is 73.5 cm³/mol. The zero-order chi connectivity index (χ0) is 14.0. The van der Waals surface area contributed by atoms with Gasteiger partial charge in [-0.1, -0.05) is 23.4 Å². The molecule has 1 aromatic heterocycles. The van der Waals surface area contributed by atoms with Crippen LogP contribution in [-0.4, -0.2) is 21.3 Å². The molecule has 2 aromatic rings. The van der Waals surface area contributed by atoms with Crippen molar-refractivity contribution >= 4 is 23.4 Å². The first-order valence-corrected chi connectivity index (χ1v) is 6.74. The monoisotopic (exact) mass is 293 g/mol. The predicted octanol–water partition coefficient (Wildman–Crippen LogP) is 2.39. The Morgan fingerprint density at radius 2 is 2.26 bits per heavy atom. The van der Waals surface area contributed by atoms with Crippen molar-refractivity contribution in [1.29, 1.82) is 5.26 Å². The van der Waals surface area contributed by atoms with Crippen molar-refractivity contribution in [3.63, 3.8) is 0 Å². The van der Waals surface area contributed by atoms with E-state index in [1.807, 2.05) is 6.07 Å². The van der Waals surface area contributed by atoms with Gasteiger partial charge in [0, 0.05) is 5.56 Å². The maximum absolute atomic E-state index is 11.8. The first-order chi connectivity index (χ1) is 9.06. The van der Waals surface area contributed by atoms with Crippen LogP contribution in [0.2, 0.25) is 5.02 Å². The topological polar surface area (TPSA) is 89.8 Å². The highest BCUT2D eigenvalue weighted by Gasteiger charge is 2.14. The molecule has 5 nitrogen and oxygen atoms in total. The second kappa shape index (κ2) is 5.34. The van der Waals surface area contributed by atoms with Gasteiger partial charge in [-0.25, -0.2) is 4.98 Å². The second-order valence-corrected chi connectivity index (χ2v) is 4.78. The number of rotatable bonds is 2. The number of nitriles is 1. The molecule has 2 rings (SSSR count). The molecule has 1 aromatic carbocycles. The van der Waals surface area contributed by atoms with E-state index in [1.54, 1.807) is 12.3 Å². The molecule has 0 amide bonds. The van der Waals surface area contributed by atoms with Crippen LogP contribution in [0.5, 0.6) is 5.75 Å². The van der Waals surface area contributed by atoms with Gasteiger partial charge in [-0.3, -0.25) is 4.79 Å². The SMILES string of the molecule is CSc1nc(-c2ccc(O)c(Cl)c2)c(C#N)c(=O)[nH]1. The van der Waals surface area contributed by atoms with Gasteiger partial charge in [0.25, 0.3) is 5.56 Å². The molecular weight excluding hydrogens is 286 g/mol. The summed E-state index contributed by atoms with van der Waals surface area (Å²) in [5, 5.41) is 19.0. The molecule has 7 heteroatoms. The number of thioether (sulfide) groups is 1. The second-order valence-electron chi connectivity index (χ2n) is 3.58. The minimum absolute atomic E-state index is 0.0705. The summed E-state index contributed by atoms with van der Waals surface area (Å²) in [5.41, 5.74) is 0.166. The van der Waals surface area contributed by atoms with Gasteiger partial charge >= 0.3 is 0 Å². The molecule has 0 unspecified atom stereocenters. The lowest BCUT2D eigenvalue weighted by Gasteiger charge is -2.06. The molecule has 96 valence electrons. The molecule has 0 aliphatic rings. The molecule has 1 heterocycles. The van der Waals surface area contributed by atoms with E-state index in [0.717, 1.165) is 0 Å². The fraction of sp³-hybridized carbons (Fsp3) is 0.0833. The third kappa shape index (κ3) is 2.57. The average Bonchev–Trinajstić information content (AvgIpc) is 2.41. The van der Waals surface area contributed by atoms with Crippen LogP contribution in [0.4, 0.5) is 0 Å². The molecule has 0 saturated carbocycles. The van der Waals surface area contributed by atoms with Gasteiger partial charge in [0.05, 0.1) is 10.7 Å². The molecule has 0 bridgehead atoms. The van der Waals surface area contributed by atoms with Crippen molar-refractivity contribution in [1.82, 2.24) is 9.97 Å². The van der Waals surface area contributed by atoms with E-state index in [2.05, 4.69) is 9.97 Å². The van der Waals surface area contributed by atoms with Gasteiger partial charge in [-0.05, 0) is 24.5 Å². The fourth-order valence-corrected chi connectivity index (χ4v) is 2.07. The van der Waals surface area contributed by atoms with Crippen LogP contribution in [0.1, 0.15) is 5.56 Å². The van der Waals surface area contributed by atoms with E-state index in [4.69, 9.17) is 16.9 Å². The quantitative estimate of drug-likeness (QED) is 0.655. The highest BCUT2D eigenvalue weighted by Crippen LogP contribution is 2.29. The number of hydrogen-bond acceptors (Lipinski definition) is 5. The number of H-pyrrole nitrogens is 1. The van der Waals surface area contributed by atoms with Crippen LogP contribution in [0.3, 0.4) is 0 Å². The van der Waals surface area contributed by atoms with Crippen molar-refractivity contribution in [2.75, 3.05) is 6.26 Å². The van der Waals surface area contributed by atoms with Crippen molar-refractivity contribution in [3.05, 3.63) is 39.1 Å². The maximum atomic E-state index is 11.8. The molecule has 0 atom stereocenters. The standard InChI is InChI=1S/C12H8ClN3O2S/c1-19-12-15-10(7(5-14)11(18)16-12)6-2-3-9(17)8(13)4-6/h2-4,17H,1H3,(H,15,16,18). The van der Waals surface area contributed by atoms with Crippen molar-refractivity contribution in [2.45, 2.75) is 5.16 Å². The normalized spacial score (nSPS) is 10.2. The Balaban J connectivity index is 2.73. The third-order valence-electron chi connectivity index (χ3n) is 2.42. The summed E-state index contributed by atoms with van der Waals surface area (Å²) in [6.07, 6.45) is 1.76.